The van der Waals surface area contributed by atoms with E-state index in [9.17, 15) is 14.7 Å². The summed E-state index contributed by atoms with van der Waals surface area (Å²) in [7, 11) is 0. The van der Waals surface area contributed by atoms with Crippen molar-refractivity contribution in [3.8, 4) is 5.75 Å². The molecule has 0 heterocycles. The SMILES string of the molecule is O=C(Nc1ccccc1O)C(=O)N(Cc1ccccc1)Cc1ccccc1. The van der Waals surface area contributed by atoms with Crippen LogP contribution in [0.2, 0.25) is 0 Å². The van der Waals surface area contributed by atoms with Crippen molar-refractivity contribution >= 4 is 17.5 Å². The maximum Gasteiger partial charge on any atom is 0.314 e. The Morgan fingerprint density at radius 1 is 0.741 bits per heavy atom. The van der Waals surface area contributed by atoms with E-state index >= 15 is 0 Å². The molecule has 0 aliphatic heterocycles. The number of aromatic hydroxyl groups is 1. The number of phenolic OH excluding ortho intramolecular Hbond substituents is 1. The van der Waals surface area contributed by atoms with Crippen LogP contribution in [0.5, 0.6) is 5.75 Å². The van der Waals surface area contributed by atoms with Gasteiger partial charge in [-0.05, 0) is 23.3 Å². The molecule has 2 N–H and O–H groups in total. The molecular weight excluding hydrogens is 340 g/mol. The molecule has 2 amide bonds. The van der Waals surface area contributed by atoms with Gasteiger partial charge in [0.25, 0.3) is 0 Å². The number of nitrogens with zero attached hydrogens (tertiary/aromatic N) is 1. The van der Waals surface area contributed by atoms with Gasteiger partial charge in [0, 0.05) is 13.1 Å². The number of hydrogen-bond acceptors (Lipinski definition) is 3. The Morgan fingerprint density at radius 3 is 1.74 bits per heavy atom. The van der Waals surface area contributed by atoms with Crippen molar-refractivity contribution in [1.29, 1.82) is 0 Å². The lowest BCUT2D eigenvalue weighted by atomic mass is 10.1. The average Bonchev–Trinajstić information content (AvgIpc) is 2.70. The van der Waals surface area contributed by atoms with Crippen molar-refractivity contribution in [2.75, 3.05) is 5.32 Å². The van der Waals surface area contributed by atoms with Gasteiger partial charge < -0.3 is 15.3 Å². The second kappa shape index (κ2) is 8.67. The van der Waals surface area contributed by atoms with E-state index < -0.39 is 11.8 Å². The highest BCUT2D eigenvalue weighted by molar-refractivity contribution is 6.39. The van der Waals surface area contributed by atoms with E-state index in [1.54, 1.807) is 18.2 Å². The lowest BCUT2D eigenvalue weighted by Gasteiger charge is -2.22. The van der Waals surface area contributed by atoms with Gasteiger partial charge in [-0.25, -0.2) is 0 Å². The molecule has 0 aromatic heterocycles. The largest absolute Gasteiger partial charge is 0.506 e. The lowest BCUT2D eigenvalue weighted by molar-refractivity contribution is -0.144. The van der Waals surface area contributed by atoms with Crippen molar-refractivity contribution in [3.05, 3.63) is 96.1 Å². The minimum absolute atomic E-state index is 0.0867. The summed E-state index contributed by atoms with van der Waals surface area (Å²) in [5.41, 5.74) is 2.06. The van der Waals surface area contributed by atoms with E-state index in [1.807, 2.05) is 60.7 Å². The van der Waals surface area contributed by atoms with E-state index in [4.69, 9.17) is 0 Å². The molecule has 0 spiro atoms. The van der Waals surface area contributed by atoms with Gasteiger partial charge in [-0.3, -0.25) is 9.59 Å². The van der Waals surface area contributed by atoms with Crippen LogP contribution >= 0.6 is 0 Å². The number of amides is 2. The summed E-state index contributed by atoms with van der Waals surface area (Å²) < 4.78 is 0. The lowest BCUT2D eigenvalue weighted by Crippen LogP contribution is -2.38. The topological polar surface area (TPSA) is 69.6 Å². The van der Waals surface area contributed by atoms with Crippen LogP contribution in [0.15, 0.2) is 84.9 Å². The summed E-state index contributed by atoms with van der Waals surface area (Å²) in [5, 5.41) is 12.3. The van der Waals surface area contributed by atoms with E-state index in [-0.39, 0.29) is 11.4 Å². The number of phenols is 1. The fourth-order valence-electron chi connectivity index (χ4n) is 2.71. The van der Waals surface area contributed by atoms with E-state index in [2.05, 4.69) is 5.32 Å². The molecule has 3 rings (SSSR count). The van der Waals surface area contributed by atoms with Gasteiger partial charge in [0.05, 0.1) is 5.69 Å². The van der Waals surface area contributed by atoms with Crippen LogP contribution in [0.1, 0.15) is 11.1 Å². The summed E-state index contributed by atoms with van der Waals surface area (Å²) in [4.78, 5) is 26.8. The Hall–Kier alpha value is -3.60. The third kappa shape index (κ3) is 4.95. The Bertz CT molecular complexity index is 870. The van der Waals surface area contributed by atoms with Crippen molar-refractivity contribution in [3.63, 3.8) is 0 Å². The zero-order valence-corrected chi connectivity index (χ0v) is 14.7. The number of carbonyl (C=O) groups is 2. The van der Waals surface area contributed by atoms with Crippen molar-refractivity contribution < 1.29 is 14.7 Å². The van der Waals surface area contributed by atoms with Gasteiger partial charge in [-0.2, -0.15) is 0 Å². The second-order valence-corrected chi connectivity index (χ2v) is 6.10. The predicted octanol–water partition coefficient (Wildman–Crippen LogP) is 3.56. The molecule has 0 aliphatic rings. The maximum absolute atomic E-state index is 12.8. The summed E-state index contributed by atoms with van der Waals surface area (Å²) in [6.45, 7) is 0.617. The number of carbonyl (C=O) groups excluding carboxylic acids is 2. The first-order valence-electron chi connectivity index (χ1n) is 8.59. The quantitative estimate of drug-likeness (QED) is 0.540. The van der Waals surface area contributed by atoms with Gasteiger partial charge in [-0.1, -0.05) is 72.8 Å². The van der Waals surface area contributed by atoms with Crippen LogP contribution in [0, 0.1) is 0 Å². The van der Waals surface area contributed by atoms with E-state index in [0.717, 1.165) is 11.1 Å². The summed E-state index contributed by atoms with van der Waals surface area (Å²) >= 11 is 0. The van der Waals surface area contributed by atoms with Gasteiger partial charge in [-0.15, -0.1) is 0 Å². The number of anilines is 1. The molecule has 0 atom stereocenters. The Balaban J connectivity index is 1.79. The van der Waals surface area contributed by atoms with Crippen molar-refractivity contribution in [2.45, 2.75) is 13.1 Å². The number of nitrogens with one attached hydrogen (secondary N) is 1. The molecule has 0 radical (unpaired) electrons. The summed E-state index contributed by atoms with van der Waals surface area (Å²) in [6, 6.07) is 25.3. The van der Waals surface area contributed by atoms with Gasteiger partial charge >= 0.3 is 11.8 Å². The minimum Gasteiger partial charge on any atom is -0.506 e. The average molecular weight is 360 g/mol. The third-order valence-corrected chi connectivity index (χ3v) is 4.07. The van der Waals surface area contributed by atoms with Crippen LogP contribution < -0.4 is 5.32 Å². The highest BCUT2D eigenvalue weighted by atomic mass is 16.3. The highest BCUT2D eigenvalue weighted by Gasteiger charge is 2.23. The number of benzene rings is 3. The minimum atomic E-state index is -0.789. The van der Waals surface area contributed by atoms with Gasteiger partial charge in [0.2, 0.25) is 0 Å². The second-order valence-electron chi connectivity index (χ2n) is 6.10. The molecule has 5 heteroatoms. The maximum atomic E-state index is 12.8. The van der Waals surface area contributed by atoms with E-state index in [1.165, 1.54) is 11.0 Å². The van der Waals surface area contributed by atoms with Crippen LogP contribution in [-0.4, -0.2) is 21.8 Å². The molecule has 136 valence electrons. The smallest absolute Gasteiger partial charge is 0.314 e. The zero-order valence-electron chi connectivity index (χ0n) is 14.7. The number of hydrogen-bond donors (Lipinski definition) is 2. The molecule has 0 saturated carbocycles. The van der Waals surface area contributed by atoms with E-state index in [0.29, 0.717) is 13.1 Å². The first-order chi connectivity index (χ1) is 13.1. The first-order valence-corrected chi connectivity index (χ1v) is 8.59. The Labute approximate surface area is 157 Å². The first kappa shape index (κ1) is 18.2. The zero-order chi connectivity index (χ0) is 19.1. The fraction of sp³-hybridized carbons (Fsp3) is 0.0909. The molecule has 3 aromatic carbocycles. The van der Waals surface area contributed by atoms with Crippen molar-refractivity contribution in [2.24, 2.45) is 0 Å². The van der Waals surface area contributed by atoms with Crippen LogP contribution in [-0.2, 0) is 22.7 Å². The number of para-hydroxylation sites is 2. The third-order valence-electron chi connectivity index (χ3n) is 4.07. The normalized spacial score (nSPS) is 10.2. The van der Waals surface area contributed by atoms with Gasteiger partial charge in [0.15, 0.2) is 0 Å². The molecule has 5 nitrogen and oxygen atoms in total. The molecule has 3 aromatic rings. The number of rotatable bonds is 5. The molecule has 0 saturated heterocycles. The molecule has 0 bridgehead atoms. The molecule has 27 heavy (non-hydrogen) atoms. The van der Waals surface area contributed by atoms with Crippen LogP contribution in [0.4, 0.5) is 5.69 Å². The molecule has 0 fully saturated rings. The molecule has 0 unspecified atom stereocenters. The van der Waals surface area contributed by atoms with Crippen LogP contribution in [0.25, 0.3) is 0 Å². The Kier molecular flexibility index (Phi) is 5.84. The Morgan fingerprint density at radius 2 is 1.22 bits per heavy atom. The predicted molar refractivity (Wildman–Crippen MR) is 104 cm³/mol. The van der Waals surface area contributed by atoms with Crippen molar-refractivity contribution in [1.82, 2.24) is 4.90 Å². The summed E-state index contributed by atoms with van der Waals surface area (Å²) in [5.74, 6) is -1.54. The standard InChI is InChI=1S/C22H20N2O3/c25-20-14-8-7-13-19(20)23-21(26)22(27)24(15-17-9-3-1-4-10-17)16-18-11-5-2-6-12-18/h1-14,25H,15-16H2,(H,23,26). The van der Waals surface area contributed by atoms with Crippen LogP contribution in [0.3, 0.4) is 0 Å². The highest BCUT2D eigenvalue weighted by Crippen LogP contribution is 2.21. The van der Waals surface area contributed by atoms with Gasteiger partial charge in [0.1, 0.15) is 5.75 Å². The monoisotopic (exact) mass is 360 g/mol. The fourth-order valence-corrected chi connectivity index (χ4v) is 2.71. The summed E-state index contributed by atoms with van der Waals surface area (Å²) in [6.07, 6.45) is 0. The molecule has 0 aliphatic carbocycles. The molecular formula is C22H20N2O3.